The van der Waals surface area contributed by atoms with Gasteiger partial charge in [-0.3, -0.25) is 9.97 Å². The molecule has 0 radical (unpaired) electrons. The average molecular weight is 380 g/mol. The third-order valence-electron chi connectivity index (χ3n) is 4.77. The molecule has 5 heteroatoms. The first kappa shape index (κ1) is 18.6. The Morgan fingerprint density at radius 3 is 2.72 bits per heavy atom. The number of rotatable bonds is 6. The van der Waals surface area contributed by atoms with Gasteiger partial charge in [-0.15, -0.1) is 0 Å². The molecular weight excluding hydrogens is 360 g/mol. The zero-order valence-corrected chi connectivity index (χ0v) is 15.8. The van der Waals surface area contributed by atoms with Crippen molar-refractivity contribution in [3.8, 4) is 22.9 Å². The van der Waals surface area contributed by atoms with Crippen LogP contribution in [0.2, 0.25) is 0 Å². The maximum Gasteiger partial charge on any atom is 0.138 e. The predicted octanol–water partition coefficient (Wildman–Crippen LogP) is 4.12. The van der Waals surface area contributed by atoms with Crippen molar-refractivity contribution in [1.82, 2.24) is 9.97 Å². The SMILES string of the molecule is N#Cc1ccccc1CC(N)COc1cncc(-c2ccc3cnccc3c2)c1. The zero-order chi connectivity index (χ0) is 20.1. The molecule has 0 amide bonds. The van der Waals surface area contributed by atoms with Gasteiger partial charge in [-0.05, 0) is 47.2 Å². The quantitative estimate of drug-likeness (QED) is 0.544. The predicted molar refractivity (Wildman–Crippen MR) is 113 cm³/mol. The van der Waals surface area contributed by atoms with Crippen molar-refractivity contribution >= 4 is 10.8 Å². The van der Waals surface area contributed by atoms with Gasteiger partial charge < -0.3 is 10.5 Å². The minimum absolute atomic E-state index is 0.221. The summed E-state index contributed by atoms with van der Waals surface area (Å²) in [6.45, 7) is 0.342. The van der Waals surface area contributed by atoms with Crippen LogP contribution in [0.5, 0.6) is 5.75 Å². The first-order chi connectivity index (χ1) is 14.2. The number of pyridine rings is 2. The van der Waals surface area contributed by atoms with Crippen molar-refractivity contribution in [2.24, 2.45) is 5.73 Å². The van der Waals surface area contributed by atoms with Crippen LogP contribution >= 0.6 is 0 Å². The molecule has 1 unspecified atom stereocenters. The Balaban J connectivity index is 1.45. The molecule has 0 fully saturated rings. The van der Waals surface area contributed by atoms with E-state index in [0.717, 1.165) is 27.5 Å². The van der Waals surface area contributed by atoms with Crippen LogP contribution in [0.15, 0.2) is 79.4 Å². The second-order valence-corrected chi connectivity index (χ2v) is 6.89. The van der Waals surface area contributed by atoms with Crippen LogP contribution in [-0.2, 0) is 6.42 Å². The number of ether oxygens (including phenoxy) is 1. The number of nitrogens with zero attached hydrogens (tertiary/aromatic N) is 3. The van der Waals surface area contributed by atoms with E-state index in [1.807, 2.05) is 48.8 Å². The number of fused-ring (bicyclic) bond motifs is 1. The van der Waals surface area contributed by atoms with E-state index in [0.29, 0.717) is 24.3 Å². The van der Waals surface area contributed by atoms with Gasteiger partial charge in [0.15, 0.2) is 0 Å². The fourth-order valence-corrected chi connectivity index (χ4v) is 3.27. The molecule has 1 atom stereocenters. The number of nitriles is 1. The van der Waals surface area contributed by atoms with Gasteiger partial charge in [0.05, 0.1) is 17.8 Å². The summed E-state index contributed by atoms with van der Waals surface area (Å²) in [5.74, 6) is 0.668. The van der Waals surface area contributed by atoms with Crippen LogP contribution in [0, 0.1) is 11.3 Å². The van der Waals surface area contributed by atoms with Crippen LogP contribution in [0.25, 0.3) is 21.9 Å². The van der Waals surface area contributed by atoms with Gasteiger partial charge in [-0.2, -0.15) is 5.26 Å². The Kier molecular flexibility index (Phi) is 5.46. The van der Waals surface area contributed by atoms with E-state index in [9.17, 15) is 5.26 Å². The highest BCUT2D eigenvalue weighted by molar-refractivity contribution is 5.86. The molecule has 2 aromatic carbocycles. The highest BCUT2D eigenvalue weighted by atomic mass is 16.5. The Morgan fingerprint density at radius 1 is 0.931 bits per heavy atom. The maximum atomic E-state index is 9.21. The van der Waals surface area contributed by atoms with Crippen LogP contribution < -0.4 is 10.5 Å². The first-order valence-electron chi connectivity index (χ1n) is 9.38. The van der Waals surface area contributed by atoms with Gasteiger partial charge in [0.2, 0.25) is 0 Å². The maximum absolute atomic E-state index is 9.21. The summed E-state index contributed by atoms with van der Waals surface area (Å²) in [4.78, 5) is 8.46. The second-order valence-electron chi connectivity index (χ2n) is 6.89. The highest BCUT2D eigenvalue weighted by Gasteiger charge is 2.10. The molecule has 5 nitrogen and oxygen atoms in total. The molecule has 0 aliphatic carbocycles. The molecule has 0 saturated carbocycles. The fourth-order valence-electron chi connectivity index (χ4n) is 3.27. The molecule has 0 bridgehead atoms. The molecule has 29 heavy (non-hydrogen) atoms. The molecule has 0 aliphatic rings. The number of hydrogen-bond donors (Lipinski definition) is 1. The highest BCUT2D eigenvalue weighted by Crippen LogP contribution is 2.26. The standard InChI is InChI=1S/C24H20N4O/c25-12-20-4-2-1-3-17(20)10-23(26)16-29-24-11-22(14-28-15-24)18-5-6-21-13-27-8-7-19(21)9-18/h1-9,11,13-15,23H,10,16,26H2. The monoisotopic (exact) mass is 380 g/mol. The largest absolute Gasteiger partial charge is 0.490 e. The van der Waals surface area contributed by atoms with E-state index in [1.165, 1.54) is 0 Å². The van der Waals surface area contributed by atoms with Crippen LogP contribution in [0.1, 0.15) is 11.1 Å². The summed E-state index contributed by atoms with van der Waals surface area (Å²) in [6, 6.07) is 19.6. The van der Waals surface area contributed by atoms with Gasteiger partial charge in [0.1, 0.15) is 12.4 Å². The van der Waals surface area contributed by atoms with E-state index < -0.39 is 0 Å². The van der Waals surface area contributed by atoms with Crippen molar-refractivity contribution in [3.63, 3.8) is 0 Å². The topological polar surface area (TPSA) is 84.8 Å². The summed E-state index contributed by atoms with van der Waals surface area (Å²) < 4.78 is 5.88. The lowest BCUT2D eigenvalue weighted by molar-refractivity contribution is 0.286. The van der Waals surface area contributed by atoms with Crippen molar-refractivity contribution in [1.29, 1.82) is 5.26 Å². The van der Waals surface area contributed by atoms with E-state index in [4.69, 9.17) is 10.5 Å². The zero-order valence-electron chi connectivity index (χ0n) is 15.8. The van der Waals surface area contributed by atoms with Crippen molar-refractivity contribution in [2.75, 3.05) is 6.61 Å². The molecule has 0 spiro atoms. The molecular formula is C24H20N4O. The van der Waals surface area contributed by atoms with Gasteiger partial charge >= 0.3 is 0 Å². The van der Waals surface area contributed by atoms with Crippen molar-refractivity contribution < 1.29 is 4.74 Å². The molecule has 2 heterocycles. The average Bonchev–Trinajstić information content (AvgIpc) is 2.78. The summed E-state index contributed by atoms with van der Waals surface area (Å²) in [7, 11) is 0. The van der Waals surface area contributed by atoms with E-state index in [2.05, 4.69) is 28.2 Å². The lowest BCUT2D eigenvalue weighted by Gasteiger charge is -2.14. The van der Waals surface area contributed by atoms with Crippen LogP contribution in [0.4, 0.5) is 0 Å². The molecule has 2 N–H and O–H groups in total. The first-order valence-corrected chi connectivity index (χ1v) is 9.38. The Morgan fingerprint density at radius 2 is 1.83 bits per heavy atom. The van der Waals surface area contributed by atoms with Gasteiger partial charge in [0, 0.05) is 35.6 Å². The van der Waals surface area contributed by atoms with Crippen molar-refractivity contribution in [2.45, 2.75) is 12.5 Å². The Labute approximate surface area is 169 Å². The van der Waals surface area contributed by atoms with Gasteiger partial charge in [-0.1, -0.05) is 30.3 Å². The van der Waals surface area contributed by atoms with E-state index in [-0.39, 0.29) is 6.04 Å². The lowest BCUT2D eigenvalue weighted by Crippen LogP contribution is -2.30. The summed E-state index contributed by atoms with van der Waals surface area (Å²) >= 11 is 0. The fraction of sp³-hybridized carbons (Fsp3) is 0.125. The smallest absolute Gasteiger partial charge is 0.138 e. The van der Waals surface area contributed by atoms with Gasteiger partial charge in [0.25, 0.3) is 0 Å². The molecule has 4 rings (SSSR count). The van der Waals surface area contributed by atoms with Crippen molar-refractivity contribution in [3.05, 3.63) is 90.5 Å². The second kappa shape index (κ2) is 8.51. The molecule has 0 aliphatic heterocycles. The summed E-state index contributed by atoms with van der Waals surface area (Å²) in [5, 5.41) is 11.4. The minimum atomic E-state index is -0.221. The number of nitrogens with two attached hydrogens (primary N) is 1. The van der Waals surface area contributed by atoms with Crippen LogP contribution in [0.3, 0.4) is 0 Å². The van der Waals surface area contributed by atoms with E-state index in [1.54, 1.807) is 18.5 Å². The Hall–Kier alpha value is -3.75. The number of hydrogen-bond acceptors (Lipinski definition) is 5. The summed E-state index contributed by atoms with van der Waals surface area (Å²) in [5.41, 5.74) is 9.85. The third-order valence-corrected chi connectivity index (χ3v) is 4.77. The molecule has 0 saturated heterocycles. The van der Waals surface area contributed by atoms with Gasteiger partial charge in [-0.25, -0.2) is 0 Å². The third kappa shape index (κ3) is 4.40. The minimum Gasteiger partial charge on any atom is -0.490 e. The summed E-state index contributed by atoms with van der Waals surface area (Å²) in [6.07, 6.45) is 7.72. The number of benzene rings is 2. The Bertz CT molecular complexity index is 1180. The molecule has 4 aromatic rings. The van der Waals surface area contributed by atoms with Crippen LogP contribution in [-0.4, -0.2) is 22.6 Å². The molecule has 142 valence electrons. The normalized spacial score (nSPS) is 11.7. The van der Waals surface area contributed by atoms with E-state index >= 15 is 0 Å². The molecule has 2 aromatic heterocycles. The number of aromatic nitrogens is 2. The lowest BCUT2D eigenvalue weighted by atomic mass is 10.0.